The van der Waals surface area contributed by atoms with Gasteiger partial charge in [0.25, 0.3) is 0 Å². The highest BCUT2D eigenvalue weighted by molar-refractivity contribution is 4.90. The molecule has 3 rings (SSSR count). The number of rotatable bonds is 0. The van der Waals surface area contributed by atoms with E-state index in [1.165, 1.54) is 38.8 Å². The molecule has 0 N–H and O–H groups in total. The molecule has 64 valence electrons. The SMILES string of the molecule is CC1(C)CCC2CCN1CC2. The molecule has 11 heavy (non-hydrogen) atoms. The van der Waals surface area contributed by atoms with Gasteiger partial charge in [0, 0.05) is 5.54 Å². The quantitative estimate of drug-likeness (QED) is 0.516. The smallest absolute Gasteiger partial charge is 0.0153 e. The molecule has 1 nitrogen and oxygen atoms in total. The second-order valence-corrected chi connectivity index (χ2v) is 4.78. The largest absolute Gasteiger partial charge is 0.298 e. The normalized spacial score (nSPS) is 42.0. The van der Waals surface area contributed by atoms with Crippen LogP contribution in [0.25, 0.3) is 0 Å². The number of fused-ring (bicyclic) bond motifs is 4. The molecule has 0 saturated carbocycles. The molecule has 3 heterocycles. The van der Waals surface area contributed by atoms with E-state index >= 15 is 0 Å². The van der Waals surface area contributed by atoms with Crippen LogP contribution in [0.5, 0.6) is 0 Å². The molecule has 0 unspecified atom stereocenters. The monoisotopic (exact) mass is 153 g/mol. The van der Waals surface area contributed by atoms with Crippen molar-refractivity contribution in [3.05, 3.63) is 0 Å². The molecule has 3 aliphatic rings. The lowest BCUT2D eigenvalue weighted by Crippen LogP contribution is -2.44. The first-order chi connectivity index (χ1) is 5.18. The van der Waals surface area contributed by atoms with Crippen LogP contribution in [0.3, 0.4) is 0 Å². The van der Waals surface area contributed by atoms with Gasteiger partial charge in [0.2, 0.25) is 0 Å². The lowest BCUT2D eigenvalue weighted by molar-refractivity contribution is 0.108. The van der Waals surface area contributed by atoms with Crippen molar-refractivity contribution in [1.29, 1.82) is 0 Å². The van der Waals surface area contributed by atoms with Gasteiger partial charge >= 0.3 is 0 Å². The summed E-state index contributed by atoms with van der Waals surface area (Å²) in [7, 11) is 0. The van der Waals surface area contributed by atoms with Crippen LogP contribution in [0.4, 0.5) is 0 Å². The highest BCUT2D eigenvalue weighted by Gasteiger charge is 2.34. The molecule has 0 aromatic rings. The summed E-state index contributed by atoms with van der Waals surface area (Å²) in [5.74, 6) is 1.06. The van der Waals surface area contributed by atoms with Crippen LogP contribution >= 0.6 is 0 Å². The van der Waals surface area contributed by atoms with Crippen molar-refractivity contribution in [3.63, 3.8) is 0 Å². The lowest BCUT2D eigenvalue weighted by atomic mass is 9.94. The Morgan fingerprint density at radius 1 is 1.09 bits per heavy atom. The minimum Gasteiger partial charge on any atom is -0.298 e. The second-order valence-electron chi connectivity index (χ2n) is 4.78. The highest BCUT2D eigenvalue weighted by atomic mass is 15.2. The third kappa shape index (κ3) is 1.31. The number of hydrogen-bond donors (Lipinski definition) is 0. The van der Waals surface area contributed by atoms with Gasteiger partial charge in [0.1, 0.15) is 0 Å². The average Bonchev–Trinajstić information content (AvgIpc) is 2.21. The fraction of sp³-hybridized carbons (Fsp3) is 1.00. The minimum atomic E-state index is 0.505. The van der Waals surface area contributed by atoms with Gasteiger partial charge in [-0.2, -0.15) is 0 Å². The van der Waals surface area contributed by atoms with Gasteiger partial charge in [-0.3, -0.25) is 4.90 Å². The van der Waals surface area contributed by atoms with E-state index in [2.05, 4.69) is 18.7 Å². The van der Waals surface area contributed by atoms with E-state index in [0.29, 0.717) is 5.54 Å². The molecule has 0 radical (unpaired) electrons. The van der Waals surface area contributed by atoms with Crippen molar-refractivity contribution < 1.29 is 0 Å². The minimum absolute atomic E-state index is 0.505. The summed E-state index contributed by atoms with van der Waals surface area (Å²) >= 11 is 0. The number of piperidine rings is 1. The molecule has 0 aromatic heterocycles. The van der Waals surface area contributed by atoms with Crippen molar-refractivity contribution in [2.45, 2.75) is 45.1 Å². The van der Waals surface area contributed by atoms with Crippen LogP contribution in [-0.2, 0) is 0 Å². The van der Waals surface area contributed by atoms with Crippen molar-refractivity contribution in [1.82, 2.24) is 4.90 Å². The maximum Gasteiger partial charge on any atom is 0.0153 e. The van der Waals surface area contributed by atoms with Crippen LogP contribution in [0.15, 0.2) is 0 Å². The first-order valence-corrected chi connectivity index (χ1v) is 4.93. The summed E-state index contributed by atoms with van der Waals surface area (Å²) < 4.78 is 0. The molecule has 0 aliphatic carbocycles. The Hall–Kier alpha value is -0.0400. The predicted molar refractivity (Wildman–Crippen MR) is 47.6 cm³/mol. The molecule has 0 spiro atoms. The molecule has 0 amide bonds. The fourth-order valence-corrected chi connectivity index (χ4v) is 2.54. The molecule has 3 aliphatic heterocycles. The van der Waals surface area contributed by atoms with Crippen molar-refractivity contribution in [3.8, 4) is 0 Å². The summed E-state index contributed by atoms with van der Waals surface area (Å²) in [5.41, 5.74) is 0.505. The maximum atomic E-state index is 2.68. The van der Waals surface area contributed by atoms with Crippen LogP contribution in [0.2, 0.25) is 0 Å². The van der Waals surface area contributed by atoms with E-state index in [0.717, 1.165) is 5.92 Å². The molecule has 0 atom stereocenters. The molecule has 1 heteroatoms. The van der Waals surface area contributed by atoms with Crippen molar-refractivity contribution in [2.75, 3.05) is 13.1 Å². The topological polar surface area (TPSA) is 3.24 Å². The lowest BCUT2D eigenvalue weighted by Gasteiger charge is -2.38. The van der Waals surface area contributed by atoms with Gasteiger partial charge in [-0.05, 0) is 58.5 Å². The molecule has 2 bridgehead atoms. The second kappa shape index (κ2) is 2.48. The Morgan fingerprint density at radius 3 is 2.36 bits per heavy atom. The Morgan fingerprint density at radius 2 is 1.73 bits per heavy atom. The molecule has 0 aromatic carbocycles. The molecule has 3 fully saturated rings. The first-order valence-electron chi connectivity index (χ1n) is 4.93. The maximum absolute atomic E-state index is 2.68. The summed E-state index contributed by atoms with van der Waals surface area (Å²) in [6, 6.07) is 0. The molecular weight excluding hydrogens is 134 g/mol. The summed E-state index contributed by atoms with van der Waals surface area (Å²) in [4.78, 5) is 2.68. The van der Waals surface area contributed by atoms with E-state index in [-0.39, 0.29) is 0 Å². The zero-order chi connectivity index (χ0) is 7.90. The van der Waals surface area contributed by atoms with Crippen molar-refractivity contribution in [2.24, 2.45) is 5.92 Å². The number of hydrogen-bond acceptors (Lipinski definition) is 1. The van der Waals surface area contributed by atoms with Crippen LogP contribution in [-0.4, -0.2) is 23.5 Å². The Balaban J connectivity index is 2.15. The van der Waals surface area contributed by atoms with Gasteiger partial charge in [-0.15, -0.1) is 0 Å². The zero-order valence-corrected chi connectivity index (χ0v) is 7.77. The van der Waals surface area contributed by atoms with Gasteiger partial charge in [0.05, 0.1) is 0 Å². The Labute approximate surface area is 69.8 Å². The fourth-order valence-electron chi connectivity index (χ4n) is 2.54. The van der Waals surface area contributed by atoms with E-state index in [9.17, 15) is 0 Å². The molecule has 3 saturated heterocycles. The number of nitrogens with zero attached hydrogens (tertiary/aromatic N) is 1. The molecular formula is C10H19N. The van der Waals surface area contributed by atoms with Crippen LogP contribution < -0.4 is 0 Å². The summed E-state index contributed by atoms with van der Waals surface area (Å²) in [6.07, 6.45) is 5.81. The standard InChI is InChI=1S/C10H19N/c1-10(2)6-3-9-4-7-11(10)8-5-9/h9H,3-8H2,1-2H3. The van der Waals surface area contributed by atoms with E-state index in [1.807, 2.05) is 0 Å². The first kappa shape index (κ1) is 7.60. The predicted octanol–water partition coefficient (Wildman–Crippen LogP) is 2.27. The van der Waals surface area contributed by atoms with Crippen LogP contribution in [0.1, 0.15) is 39.5 Å². The van der Waals surface area contributed by atoms with Gasteiger partial charge in [-0.25, -0.2) is 0 Å². The van der Waals surface area contributed by atoms with E-state index < -0.39 is 0 Å². The Bertz CT molecular complexity index is 143. The van der Waals surface area contributed by atoms with Crippen LogP contribution in [0, 0.1) is 5.92 Å². The average molecular weight is 153 g/mol. The third-order valence-corrected chi connectivity index (χ3v) is 3.63. The van der Waals surface area contributed by atoms with E-state index in [1.54, 1.807) is 0 Å². The summed E-state index contributed by atoms with van der Waals surface area (Å²) in [6.45, 7) is 7.52. The van der Waals surface area contributed by atoms with Gasteiger partial charge in [0.15, 0.2) is 0 Å². The Kier molecular flexibility index (Phi) is 1.71. The summed E-state index contributed by atoms with van der Waals surface area (Å²) in [5, 5.41) is 0. The van der Waals surface area contributed by atoms with E-state index in [4.69, 9.17) is 0 Å². The zero-order valence-electron chi connectivity index (χ0n) is 7.77. The van der Waals surface area contributed by atoms with Gasteiger partial charge in [-0.1, -0.05) is 0 Å². The van der Waals surface area contributed by atoms with Gasteiger partial charge < -0.3 is 0 Å². The highest BCUT2D eigenvalue weighted by Crippen LogP contribution is 2.35. The third-order valence-electron chi connectivity index (χ3n) is 3.63. The van der Waals surface area contributed by atoms with Crippen molar-refractivity contribution >= 4 is 0 Å².